The number of amides is 1. The molecule has 1 amide bonds. The Morgan fingerprint density at radius 3 is 2.08 bits per heavy atom. The van der Waals surface area contributed by atoms with Crippen LogP contribution in [0.1, 0.15) is 28.3 Å². The Morgan fingerprint density at radius 1 is 0.833 bits per heavy atom. The Balaban J connectivity index is 1.72. The summed E-state index contributed by atoms with van der Waals surface area (Å²) < 4.78 is 28.5. The van der Waals surface area contributed by atoms with E-state index >= 15 is 0 Å². The van der Waals surface area contributed by atoms with Crippen LogP contribution in [0.4, 0.5) is 5.69 Å². The van der Waals surface area contributed by atoms with E-state index in [0.29, 0.717) is 16.3 Å². The van der Waals surface area contributed by atoms with Gasteiger partial charge in [0.25, 0.3) is 10.0 Å². The molecule has 4 aromatic carbocycles. The van der Waals surface area contributed by atoms with Crippen molar-refractivity contribution in [2.75, 3.05) is 10.8 Å². The van der Waals surface area contributed by atoms with Crippen molar-refractivity contribution in [3.8, 4) is 0 Å². The number of benzene rings is 4. The van der Waals surface area contributed by atoms with Gasteiger partial charge in [-0.1, -0.05) is 84.4 Å². The van der Waals surface area contributed by atoms with Gasteiger partial charge in [0.05, 0.1) is 16.6 Å². The highest BCUT2D eigenvalue weighted by atomic mass is 35.5. The fourth-order valence-corrected chi connectivity index (χ4v) is 5.89. The highest BCUT2D eigenvalue weighted by Gasteiger charge is 2.29. The van der Waals surface area contributed by atoms with Gasteiger partial charge in [-0.3, -0.25) is 9.10 Å². The molecule has 0 fully saturated rings. The molecule has 0 saturated heterocycles. The van der Waals surface area contributed by atoms with Gasteiger partial charge in [0, 0.05) is 5.02 Å². The lowest BCUT2D eigenvalue weighted by atomic mass is 9.95. The van der Waals surface area contributed by atoms with Crippen molar-refractivity contribution in [1.29, 1.82) is 0 Å². The Morgan fingerprint density at radius 2 is 1.44 bits per heavy atom. The topological polar surface area (TPSA) is 66.5 Å². The molecule has 36 heavy (non-hydrogen) atoms. The molecule has 0 aliphatic heterocycles. The zero-order valence-electron chi connectivity index (χ0n) is 20.1. The number of nitrogens with one attached hydrogen (secondary N) is 1. The highest BCUT2D eigenvalue weighted by Crippen LogP contribution is 2.30. The molecule has 7 heteroatoms. The first-order valence-electron chi connectivity index (χ1n) is 11.5. The van der Waals surface area contributed by atoms with Crippen molar-refractivity contribution in [3.05, 3.63) is 130 Å². The summed E-state index contributed by atoms with van der Waals surface area (Å²) in [5.74, 6) is -0.430. The molecule has 1 atom stereocenters. The van der Waals surface area contributed by atoms with Crippen LogP contribution < -0.4 is 9.62 Å². The average Bonchev–Trinajstić information content (AvgIpc) is 2.88. The number of carbonyl (C=O) groups excluding carboxylic acids is 1. The molecule has 0 unspecified atom stereocenters. The lowest BCUT2D eigenvalue weighted by Crippen LogP contribution is -2.42. The molecule has 0 heterocycles. The molecule has 0 radical (unpaired) electrons. The van der Waals surface area contributed by atoms with Crippen LogP contribution in [0, 0.1) is 13.8 Å². The van der Waals surface area contributed by atoms with Crippen LogP contribution in [0.25, 0.3) is 0 Å². The number of halogens is 1. The Bertz CT molecular complexity index is 1460. The lowest BCUT2D eigenvalue weighted by molar-refractivity contribution is -0.120. The molecular formula is C29H27ClN2O3S. The third-order valence-electron chi connectivity index (χ3n) is 5.98. The fraction of sp³-hybridized carbons (Fsp3) is 0.138. The second-order valence-corrected chi connectivity index (χ2v) is 10.8. The second kappa shape index (κ2) is 11.0. The third-order valence-corrected chi connectivity index (χ3v) is 7.99. The van der Waals surface area contributed by atoms with Gasteiger partial charge in [-0.2, -0.15) is 0 Å². The van der Waals surface area contributed by atoms with Gasteiger partial charge < -0.3 is 5.32 Å². The van der Waals surface area contributed by atoms with Crippen LogP contribution in [-0.2, 0) is 14.8 Å². The van der Waals surface area contributed by atoms with Crippen LogP contribution >= 0.6 is 11.6 Å². The number of aryl methyl sites for hydroxylation is 2. The molecule has 5 nitrogen and oxygen atoms in total. The summed E-state index contributed by atoms with van der Waals surface area (Å²) in [4.78, 5) is 13.6. The van der Waals surface area contributed by atoms with Crippen LogP contribution in [0.2, 0.25) is 5.02 Å². The largest absolute Gasteiger partial charge is 0.344 e. The SMILES string of the molecule is Cc1ccccc1[C@H](NC(=O)CN(c1ccc(Cl)cc1C)S(=O)(=O)c1ccccc1)c1ccccc1. The Kier molecular flexibility index (Phi) is 7.77. The van der Waals surface area contributed by atoms with Crippen molar-refractivity contribution in [3.63, 3.8) is 0 Å². The Hall–Kier alpha value is -3.61. The van der Waals surface area contributed by atoms with Crippen LogP contribution in [-0.4, -0.2) is 20.9 Å². The van der Waals surface area contributed by atoms with E-state index in [1.807, 2.05) is 61.5 Å². The molecule has 0 aromatic heterocycles. The van der Waals surface area contributed by atoms with Crippen LogP contribution in [0.3, 0.4) is 0 Å². The number of sulfonamides is 1. The predicted octanol–water partition coefficient (Wildman–Crippen LogP) is 6.06. The quantitative estimate of drug-likeness (QED) is 0.308. The van der Waals surface area contributed by atoms with Crippen molar-refractivity contribution < 1.29 is 13.2 Å². The minimum Gasteiger partial charge on any atom is -0.344 e. The zero-order chi connectivity index (χ0) is 25.7. The number of nitrogens with zero attached hydrogens (tertiary/aromatic N) is 1. The summed E-state index contributed by atoms with van der Waals surface area (Å²) in [5, 5.41) is 3.56. The standard InChI is InChI=1S/C29H27ClN2O3S/c1-21-11-9-10-16-26(21)29(23-12-5-3-6-13-23)31-28(33)20-32(27-18-17-24(30)19-22(27)2)36(34,35)25-14-7-4-8-15-25/h3-19,29H,20H2,1-2H3,(H,31,33)/t29-/m1/s1. The van der Waals surface area contributed by atoms with E-state index in [0.717, 1.165) is 21.0 Å². The first-order valence-corrected chi connectivity index (χ1v) is 13.3. The van der Waals surface area contributed by atoms with Gasteiger partial charge in [0.2, 0.25) is 5.91 Å². The highest BCUT2D eigenvalue weighted by molar-refractivity contribution is 7.92. The lowest BCUT2D eigenvalue weighted by Gasteiger charge is -2.27. The summed E-state index contributed by atoms with van der Waals surface area (Å²) in [5.41, 5.74) is 3.91. The van der Waals surface area contributed by atoms with Crippen molar-refractivity contribution in [2.45, 2.75) is 24.8 Å². The minimum absolute atomic E-state index is 0.102. The van der Waals surface area contributed by atoms with Gasteiger partial charge in [0.1, 0.15) is 6.54 Å². The number of carbonyl (C=O) groups is 1. The zero-order valence-corrected chi connectivity index (χ0v) is 21.6. The molecule has 0 spiro atoms. The van der Waals surface area contributed by atoms with Gasteiger partial charge in [0.15, 0.2) is 0 Å². The fourth-order valence-electron chi connectivity index (χ4n) is 4.15. The number of hydrogen-bond donors (Lipinski definition) is 1. The maximum Gasteiger partial charge on any atom is 0.264 e. The molecule has 0 bridgehead atoms. The summed E-state index contributed by atoms with van der Waals surface area (Å²) in [7, 11) is -4.03. The first kappa shape index (κ1) is 25.5. The second-order valence-electron chi connectivity index (χ2n) is 8.52. The van der Waals surface area contributed by atoms with Gasteiger partial charge in [-0.25, -0.2) is 8.42 Å². The van der Waals surface area contributed by atoms with E-state index in [9.17, 15) is 13.2 Å². The first-order chi connectivity index (χ1) is 17.3. The van der Waals surface area contributed by atoms with Crippen molar-refractivity contribution in [1.82, 2.24) is 5.32 Å². The molecule has 4 rings (SSSR count). The normalized spacial score (nSPS) is 12.1. The smallest absolute Gasteiger partial charge is 0.264 e. The molecule has 184 valence electrons. The van der Waals surface area contributed by atoms with Crippen molar-refractivity contribution in [2.24, 2.45) is 0 Å². The van der Waals surface area contributed by atoms with Gasteiger partial charge in [-0.15, -0.1) is 0 Å². The van der Waals surface area contributed by atoms with E-state index in [-0.39, 0.29) is 4.90 Å². The van der Waals surface area contributed by atoms with Gasteiger partial charge >= 0.3 is 0 Å². The maximum atomic E-state index is 13.7. The summed E-state index contributed by atoms with van der Waals surface area (Å²) >= 11 is 6.13. The summed E-state index contributed by atoms with van der Waals surface area (Å²) in [6.45, 7) is 3.36. The number of rotatable bonds is 8. The van der Waals surface area contributed by atoms with Crippen LogP contribution in [0.5, 0.6) is 0 Å². The van der Waals surface area contributed by atoms with E-state index in [2.05, 4.69) is 5.32 Å². The number of anilines is 1. The van der Waals surface area contributed by atoms with Crippen LogP contribution in [0.15, 0.2) is 108 Å². The minimum atomic E-state index is -4.03. The molecular weight excluding hydrogens is 492 g/mol. The average molecular weight is 519 g/mol. The molecule has 0 aliphatic carbocycles. The van der Waals surface area contributed by atoms with E-state index < -0.39 is 28.5 Å². The molecule has 4 aromatic rings. The summed E-state index contributed by atoms with van der Waals surface area (Å²) in [6.07, 6.45) is 0. The number of hydrogen-bond acceptors (Lipinski definition) is 3. The molecule has 1 N–H and O–H groups in total. The monoisotopic (exact) mass is 518 g/mol. The predicted molar refractivity (Wildman–Crippen MR) is 145 cm³/mol. The Labute approximate surface area is 217 Å². The van der Waals surface area contributed by atoms with E-state index in [1.54, 1.807) is 43.3 Å². The molecule has 0 aliphatic rings. The third kappa shape index (κ3) is 5.61. The summed E-state index contributed by atoms with van der Waals surface area (Å²) in [6, 6.07) is 30.0. The van der Waals surface area contributed by atoms with Crippen molar-refractivity contribution >= 4 is 33.2 Å². The van der Waals surface area contributed by atoms with E-state index in [1.165, 1.54) is 12.1 Å². The van der Waals surface area contributed by atoms with E-state index in [4.69, 9.17) is 11.6 Å². The molecule has 0 saturated carbocycles. The van der Waals surface area contributed by atoms with Gasteiger partial charge in [-0.05, 0) is 66.4 Å². The maximum absolute atomic E-state index is 13.7.